The summed E-state index contributed by atoms with van der Waals surface area (Å²) in [4.78, 5) is 11.1. The molecule has 0 saturated heterocycles. The molecule has 6 heteroatoms. The molecule has 0 unspecified atom stereocenters. The Balaban J connectivity index is 2.64. The highest BCUT2D eigenvalue weighted by Gasteiger charge is 2.27. The first kappa shape index (κ1) is 14.5. The number of halogens is 3. The van der Waals surface area contributed by atoms with Gasteiger partial charge < -0.3 is 10.5 Å². The van der Waals surface area contributed by atoms with Gasteiger partial charge in [-0.15, -0.1) is 0 Å². The molecule has 0 radical (unpaired) electrons. The number of carbonyl (C=O) groups excluding carboxylic acids is 1. The van der Waals surface area contributed by atoms with Crippen LogP contribution in [0.25, 0.3) is 0 Å². The summed E-state index contributed by atoms with van der Waals surface area (Å²) in [7, 11) is 1.26. The topological polar surface area (TPSA) is 52.3 Å². The highest BCUT2D eigenvalue weighted by Crippen LogP contribution is 2.26. The van der Waals surface area contributed by atoms with Gasteiger partial charge in [-0.3, -0.25) is 0 Å². The van der Waals surface area contributed by atoms with Gasteiger partial charge >= 0.3 is 12.1 Å². The second kappa shape index (κ2) is 5.86. The summed E-state index contributed by atoms with van der Waals surface area (Å²) in [5.74, 6) is -0.495. The molecule has 0 aliphatic rings. The Kier molecular flexibility index (Phi) is 4.72. The minimum atomic E-state index is -4.20. The van der Waals surface area contributed by atoms with Gasteiger partial charge in [-0.1, -0.05) is 12.1 Å². The van der Waals surface area contributed by atoms with Crippen molar-refractivity contribution in [3.8, 4) is 0 Å². The maximum atomic E-state index is 12.0. The van der Waals surface area contributed by atoms with Crippen molar-refractivity contribution in [3.05, 3.63) is 35.4 Å². The SMILES string of the molecule is COC(=O)c1ccc([C@@H](N)CCC(F)(F)F)cc1. The summed E-state index contributed by atoms with van der Waals surface area (Å²) in [5, 5.41) is 0. The van der Waals surface area contributed by atoms with Crippen LogP contribution >= 0.6 is 0 Å². The molecule has 0 saturated carbocycles. The zero-order valence-corrected chi connectivity index (χ0v) is 9.83. The molecule has 0 spiro atoms. The number of rotatable bonds is 4. The molecular weight excluding hydrogens is 247 g/mol. The van der Waals surface area contributed by atoms with Gasteiger partial charge in [-0.05, 0) is 24.1 Å². The molecule has 2 N–H and O–H groups in total. The standard InChI is InChI=1S/C12H14F3NO2/c1-18-11(17)9-4-2-8(3-5-9)10(16)6-7-12(13,14)15/h2-5,10H,6-7,16H2,1H3/t10-/m0/s1. The molecule has 1 rings (SSSR count). The van der Waals surface area contributed by atoms with Gasteiger partial charge in [0.2, 0.25) is 0 Å². The average Bonchev–Trinajstić information content (AvgIpc) is 2.34. The van der Waals surface area contributed by atoms with Gasteiger partial charge in [0.25, 0.3) is 0 Å². The highest BCUT2D eigenvalue weighted by atomic mass is 19.4. The molecule has 0 aliphatic heterocycles. The van der Waals surface area contributed by atoms with Crippen LogP contribution in [0.5, 0.6) is 0 Å². The summed E-state index contributed by atoms with van der Waals surface area (Å²) in [6.07, 6.45) is -5.31. The first-order valence-electron chi connectivity index (χ1n) is 5.34. The Bertz CT molecular complexity index is 401. The fourth-order valence-corrected chi connectivity index (χ4v) is 1.47. The van der Waals surface area contributed by atoms with E-state index < -0.39 is 24.6 Å². The smallest absolute Gasteiger partial charge is 0.389 e. The number of hydrogen-bond donors (Lipinski definition) is 1. The van der Waals surface area contributed by atoms with E-state index in [1.807, 2.05) is 0 Å². The van der Waals surface area contributed by atoms with Crippen LogP contribution in [0.2, 0.25) is 0 Å². The monoisotopic (exact) mass is 261 g/mol. The van der Waals surface area contributed by atoms with E-state index in [1.54, 1.807) is 0 Å². The zero-order chi connectivity index (χ0) is 13.8. The van der Waals surface area contributed by atoms with Crippen molar-refractivity contribution in [3.63, 3.8) is 0 Å². The van der Waals surface area contributed by atoms with Crippen LogP contribution < -0.4 is 5.73 Å². The lowest BCUT2D eigenvalue weighted by Crippen LogP contribution is -2.16. The number of benzene rings is 1. The number of alkyl halides is 3. The summed E-state index contributed by atoms with van der Waals surface area (Å²) >= 11 is 0. The number of carbonyl (C=O) groups is 1. The third kappa shape index (κ3) is 4.37. The van der Waals surface area contributed by atoms with E-state index in [1.165, 1.54) is 31.4 Å². The first-order valence-corrected chi connectivity index (χ1v) is 5.34. The summed E-state index contributed by atoms with van der Waals surface area (Å²) in [6.45, 7) is 0. The number of ether oxygens (including phenoxy) is 1. The fraction of sp³-hybridized carbons (Fsp3) is 0.417. The van der Waals surface area contributed by atoms with Crippen molar-refractivity contribution in [1.29, 1.82) is 0 Å². The molecule has 0 aliphatic carbocycles. The Hall–Kier alpha value is -1.56. The maximum Gasteiger partial charge on any atom is 0.389 e. The Morgan fingerprint density at radius 2 is 1.89 bits per heavy atom. The molecule has 100 valence electrons. The molecule has 0 fully saturated rings. The number of nitrogens with two attached hydrogens (primary N) is 1. The lowest BCUT2D eigenvalue weighted by Gasteiger charge is -2.13. The van der Waals surface area contributed by atoms with Gasteiger partial charge in [0, 0.05) is 12.5 Å². The molecule has 18 heavy (non-hydrogen) atoms. The number of methoxy groups -OCH3 is 1. The molecule has 0 aromatic heterocycles. The predicted octanol–water partition coefficient (Wildman–Crippen LogP) is 2.82. The predicted molar refractivity (Wildman–Crippen MR) is 60.0 cm³/mol. The van der Waals surface area contributed by atoms with Crippen LogP contribution in [0.4, 0.5) is 13.2 Å². The number of hydrogen-bond acceptors (Lipinski definition) is 3. The summed E-state index contributed by atoms with van der Waals surface area (Å²) in [5.41, 5.74) is 6.54. The molecule has 1 aromatic rings. The fourth-order valence-electron chi connectivity index (χ4n) is 1.47. The molecule has 1 aromatic carbocycles. The first-order chi connectivity index (χ1) is 8.33. The molecule has 0 amide bonds. The Labute approximate surface area is 103 Å². The van der Waals surface area contributed by atoms with Crippen LogP contribution in [0, 0.1) is 0 Å². The van der Waals surface area contributed by atoms with E-state index in [9.17, 15) is 18.0 Å². The molecule has 0 heterocycles. The van der Waals surface area contributed by atoms with Crippen molar-refractivity contribution in [2.24, 2.45) is 5.73 Å². The van der Waals surface area contributed by atoms with E-state index in [0.717, 1.165) is 0 Å². The van der Waals surface area contributed by atoms with Crippen molar-refractivity contribution in [2.75, 3.05) is 7.11 Å². The van der Waals surface area contributed by atoms with Crippen LogP contribution in [-0.2, 0) is 4.74 Å². The summed E-state index contributed by atoms with van der Waals surface area (Å²) < 4.78 is 40.6. The Morgan fingerprint density at radius 3 is 2.33 bits per heavy atom. The van der Waals surface area contributed by atoms with E-state index in [0.29, 0.717) is 11.1 Å². The Morgan fingerprint density at radius 1 is 1.33 bits per heavy atom. The van der Waals surface area contributed by atoms with E-state index in [-0.39, 0.29) is 6.42 Å². The second-order valence-corrected chi connectivity index (χ2v) is 3.87. The summed E-state index contributed by atoms with van der Waals surface area (Å²) in [6, 6.07) is 5.34. The van der Waals surface area contributed by atoms with Gasteiger partial charge in [0.1, 0.15) is 0 Å². The third-order valence-electron chi connectivity index (χ3n) is 2.50. The minimum absolute atomic E-state index is 0.179. The van der Waals surface area contributed by atoms with Crippen LogP contribution in [-0.4, -0.2) is 19.3 Å². The van der Waals surface area contributed by atoms with Gasteiger partial charge in [-0.2, -0.15) is 13.2 Å². The average molecular weight is 261 g/mol. The van der Waals surface area contributed by atoms with Crippen molar-refractivity contribution in [2.45, 2.75) is 25.1 Å². The molecule has 0 bridgehead atoms. The van der Waals surface area contributed by atoms with Gasteiger partial charge in [0.05, 0.1) is 12.7 Å². The van der Waals surface area contributed by atoms with Crippen LogP contribution in [0.1, 0.15) is 34.8 Å². The largest absolute Gasteiger partial charge is 0.465 e. The lowest BCUT2D eigenvalue weighted by molar-refractivity contribution is -0.136. The number of esters is 1. The molecule has 1 atom stereocenters. The maximum absolute atomic E-state index is 12.0. The second-order valence-electron chi connectivity index (χ2n) is 3.87. The quantitative estimate of drug-likeness (QED) is 0.848. The van der Waals surface area contributed by atoms with Crippen LogP contribution in [0.3, 0.4) is 0 Å². The minimum Gasteiger partial charge on any atom is -0.465 e. The van der Waals surface area contributed by atoms with Gasteiger partial charge in [0.15, 0.2) is 0 Å². The van der Waals surface area contributed by atoms with Crippen molar-refractivity contribution >= 4 is 5.97 Å². The van der Waals surface area contributed by atoms with Crippen molar-refractivity contribution in [1.82, 2.24) is 0 Å². The molecular formula is C12H14F3NO2. The lowest BCUT2D eigenvalue weighted by atomic mass is 10.0. The van der Waals surface area contributed by atoms with Crippen LogP contribution in [0.15, 0.2) is 24.3 Å². The molecule has 3 nitrogen and oxygen atoms in total. The normalized spacial score (nSPS) is 13.2. The zero-order valence-electron chi connectivity index (χ0n) is 9.83. The van der Waals surface area contributed by atoms with E-state index in [4.69, 9.17) is 5.73 Å². The third-order valence-corrected chi connectivity index (χ3v) is 2.50. The highest BCUT2D eigenvalue weighted by molar-refractivity contribution is 5.89. The van der Waals surface area contributed by atoms with Gasteiger partial charge in [-0.25, -0.2) is 4.79 Å². The van der Waals surface area contributed by atoms with E-state index >= 15 is 0 Å². The van der Waals surface area contributed by atoms with E-state index in [2.05, 4.69) is 4.74 Å². The van der Waals surface area contributed by atoms with Crippen molar-refractivity contribution < 1.29 is 22.7 Å².